The van der Waals surface area contributed by atoms with E-state index in [9.17, 15) is 9.59 Å². The maximum Gasteiger partial charge on any atom is 0.242 e. The number of hydrogen-bond donors (Lipinski definition) is 1. The van der Waals surface area contributed by atoms with Crippen LogP contribution in [-0.2, 0) is 22.6 Å². The third-order valence-electron chi connectivity index (χ3n) is 5.52. The van der Waals surface area contributed by atoms with Crippen LogP contribution in [0.1, 0.15) is 44.2 Å². The van der Waals surface area contributed by atoms with E-state index in [1.807, 2.05) is 56.3 Å². The molecule has 0 aliphatic rings. The van der Waals surface area contributed by atoms with Crippen LogP contribution in [0.15, 0.2) is 42.5 Å². The highest BCUT2D eigenvalue weighted by Crippen LogP contribution is 2.28. The summed E-state index contributed by atoms with van der Waals surface area (Å²) < 4.78 is 15.9. The van der Waals surface area contributed by atoms with Gasteiger partial charge >= 0.3 is 0 Å². The Morgan fingerprint density at radius 3 is 2.15 bits per heavy atom. The first-order valence-corrected chi connectivity index (χ1v) is 11.4. The minimum Gasteiger partial charge on any atom is -0.497 e. The zero-order valence-electron chi connectivity index (χ0n) is 20.3. The summed E-state index contributed by atoms with van der Waals surface area (Å²) in [5.74, 6) is 1.83. The molecule has 0 bridgehead atoms. The van der Waals surface area contributed by atoms with E-state index in [0.717, 1.165) is 23.3 Å². The van der Waals surface area contributed by atoms with Crippen LogP contribution in [0.5, 0.6) is 17.2 Å². The molecule has 0 aromatic heterocycles. The first-order chi connectivity index (χ1) is 16.0. The van der Waals surface area contributed by atoms with Crippen LogP contribution in [0.2, 0.25) is 0 Å². The predicted molar refractivity (Wildman–Crippen MR) is 129 cm³/mol. The molecular weight excluding hydrogens is 420 g/mol. The molecule has 7 nitrogen and oxygen atoms in total. The van der Waals surface area contributed by atoms with Gasteiger partial charge in [0.2, 0.25) is 11.8 Å². The van der Waals surface area contributed by atoms with Gasteiger partial charge in [0.15, 0.2) is 11.5 Å². The lowest BCUT2D eigenvalue weighted by Gasteiger charge is -2.31. The average molecular weight is 457 g/mol. The highest BCUT2D eigenvalue weighted by atomic mass is 16.5. The van der Waals surface area contributed by atoms with Gasteiger partial charge in [0.05, 0.1) is 21.3 Å². The number of rotatable bonds is 13. The summed E-state index contributed by atoms with van der Waals surface area (Å²) in [6.45, 7) is 4.88. The molecule has 0 saturated heterocycles. The second kappa shape index (κ2) is 13.4. The number of nitrogens with one attached hydrogen (secondary N) is 1. The molecule has 0 saturated carbocycles. The molecule has 7 heteroatoms. The zero-order chi connectivity index (χ0) is 24.2. The largest absolute Gasteiger partial charge is 0.497 e. The summed E-state index contributed by atoms with van der Waals surface area (Å²) in [5.41, 5.74) is 1.91. The smallest absolute Gasteiger partial charge is 0.242 e. The Balaban J connectivity index is 2.21. The number of aryl methyl sites for hydroxylation is 1. The summed E-state index contributed by atoms with van der Waals surface area (Å²) in [6.07, 6.45) is 2.19. The number of ether oxygens (including phenoxy) is 3. The van der Waals surface area contributed by atoms with Crippen LogP contribution in [0, 0.1) is 0 Å². The van der Waals surface area contributed by atoms with E-state index in [1.54, 1.807) is 26.2 Å². The van der Waals surface area contributed by atoms with Crippen molar-refractivity contribution in [3.05, 3.63) is 53.6 Å². The lowest BCUT2D eigenvalue weighted by Crippen LogP contribution is -2.49. The molecule has 1 N–H and O–H groups in total. The van der Waals surface area contributed by atoms with Crippen LogP contribution < -0.4 is 19.5 Å². The SMILES string of the molecule is CCCNC(=O)[C@H](CC)N(Cc1ccc(OC)cc1)C(=O)CCc1ccc(OC)c(OC)c1. The zero-order valence-corrected chi connectivity index (χ0v) is 20.3. The van der Waals surface area contributed by atoms with Crippen molar-refractivity contribution in [1.29, 1.82) is 0 Å². The van der Waals surface area contributed by atoms with Gasteiger partial charge in [0, 0.05) is 19.5 Å². The van der Waals surface area contributed by atoms with E-state index in [4.69, 9.17) is 14.2 Å². The molecule has 0 spiro atoms. The van der Waals surface area contributed by atoms with Crippen molar-refractivity contribution in [2.75, 3.05) is 27.9 Å². The van der Waals surface area contributed by atoms with Crippen molar-refractivity contribution < 1.29 is 23.8 Å². The molecule has 2 amide bonds. The van der Waals surface area contributed by atoms with E-state index in [-0.39, 0.29) is 18.2 Å². The number of benzene rings is 2. The first kappa shape index (κ1) is 26.0. The third-order valence-corrected chi connectivity index (χ3v) is 5.52. The Kier molecular flexibility index (Phi) is 10.5. The monoisotopic (exact) mass is 456 g/mol. The number of hydrogen-bond acceptors (Lipinski definition) is 5. The van der Waals surface area contributed by atoms with Gasteiger partial charge in [-0.15, -0.1) is 0 Å². The Hall–Kier alpha value is -3.22. The standard InChI is InChI=1S/C26H36N2O5/c1-6-16-27-26(30)22(7-2)28(18-20-8-12-21(31-3)13-9-20)25(29)15-11-19-10-14-23(32-4)24(17-19)33-5/h8-10,12-14,17,22H,6-7,11,15-16,18H2,1-5H3,(H,27,30)/t22-/m0/s1. The van der Waals surface area contributed by atoms with Crippen LogP contribution in [0.4, 0.5) is 0 Å². The summed E-state index contributed by atoms with van der Waals surface area (Å²) in [4.78, 5) is 27.9. The lowest BCUT2D eigenvalue weighted by atomic mass is 10.1. The van der Waals surface area contributed by atoms with Crippen molar-refractivity contribution in [3.63, 3.8) is 0 Å². The van der Waals surface area contributed by atoms with Crippen LogP contribution in [0.3, 0.4) is 0 Å². The Bertz CT molecular complexity index is 898. The van der Waals surface area contributed by atoms with Gasteiger partial charge in [-0.05, 0) is 54.7 Å². The van der Waals surface area contributed by atoms with E-state index >= 15 is 0 Å². The minimum absolute atomic E-state index is 0.0703. The van der Waals surface area contributed by atoms with Crippen molar-refractivity contribution in [1.82, 2.24) is 10.2 Å². The maximum atomic E-state index is 13.4. The number of nitrogens with zero attached hydrogens (tertiary/aromatic N) is 1. The molecule has 0 aliphatic heterocycles. The Morgan fingerprint density at radius 1 is 0.909 bits per heavy atom. The summed E-state index contributed by atoms with van der Waals surface area (Å²) >= 11 is 0. The number of carbonyl (C=O) groups is 2. The molecule has 2 rings (SSSR count). The molecule has 0 heterocycles. The minimum atomic E-state index is -0.531. The van der Waals surface area contributed by atoms with E-state index in [0.29, 0.717) is 37.4 Å². The Labute approximate surface area is 197 Å². The van der Waals surface area contributed by atoms with Gasteiger partial charge in [0.25, 0.3) is 0 Å². The molecule has 0 fully saturated rings. The fourth-order valence-electron chi connectivity index (χ4n) is 3.64. The second-order valence-corrected chi connectivity index (χ2v) is 7.77. The number of methoxy groups -OCH3 is 3. The topological polar surface area (TPSA) is 77.1 Å². The van der Waals surface area contributed by atoms with Crippen molar-refractivity contribution >= 4 is 11.8 Å². The molecule has 1 atom stereocenters. The van der Waals surface area contributed by atoms with Gasteiger partial charge in [-0.3, -0.25) is 9.59 Å². The van der Waals surface area contributed by atoms with Gasteiger partial charge in [-0.1, -0.05) is 32.0 Å². The van der Waals surface area contributed by atoms with E-state index in [1.165, 1.54) is 0 Å². The van der Waals surface area contributed by atoms with Crippen LogP contribution in [0.25, 0.3) is 0 Å². The molecule has 2 aromatic rings. The average Bonchev–Trinajstić information content (AvgIpc) is 2.85. The highest BCUT2D eigenvalue weighted by molar-refractivity contribution is 5.87. The van der Waals surface area contributed by atoms with Crippen molar-refractivity contribution in [2.24, 2.45) is 0 Å². The molecule has 0 unspecified atom stereocenters. The molecular formula is C26H36N2O5. The quantitative estimate of drug-likeness (QED) is 0.493. The van der Waals surface area contributed by atoms with Gasteiger partial charge in [-0.25, -0.2) is 0 Å². The number of amides is 2. The maximum absolute atomic E-state index is 13.4. The summed E-state index contributed by atoms with van der Waals surface area (Å²) in [7, 11) is 4.79. The molecule has 33 heavy (non-hydrogen) atoms. The predicted octanol–water partition coefficient (Wildman–Crippen LogP) is 3.98. The molecule has 2 aromatic carbocycles. The summed E-state index contributed by atoms with van der Waals surface area (Å²) in [6, 6.07) is 12.7. The molecule has 180 valence electrons. The first-order valence-electron chi connectivity index (χ1n) is 11.4. The molecule has 0 radical (unpaired) electrons. The van der Waals surface area contributed by atoms with Gasteiger partial charge in [-0.2, -0.15) is 0 Å². The second-order valence-electron chi connectivity index (χ2n) is 7.77. The van der Waals surface area contributed by atoms with Crippen LogP contribution >= 0.6 is 0 Å². The normalized spacial score (nSPS) is 11.4. The van der Waals surface area contributed by atoms with E-state index < -0.39 is 6.04 Å². The van der Waals surface area contributed by atoms with Crippen molar-refractivity contribution in [2.45, 2.75) is 52.1 Å². The van der Waals surface area contributed by atoms with Crippen LogP contribution in [-0.4, -0.2) is 50.6 Å². The Morgan fingerprint density at radius 2 is 1.58 bits per heavy atom. The van der Waals surface area contributed by atoms with Gasteiger partial charge in [0.1, 0.15) is 11.8 Å². The summed E-state index contributed by atoms with van der Waals surface area (Å²) in [5, 5.41) is 2.94. The third kappa shape index (κ3) is 7.41. The molecule has 0 aliphatic carbocycles. The lowest BCUT2D eigenvalue weighted by molar-refractivity contribution is -0.141. The highest BCUT2D eigenvalue weighted by Gasteiger charge is 2.28. The fourth-order valence-corrected chi connectivity index (χ4v) is 3.64. The fraction of sp³-hybridized carbons (Fsp3) is 0.462. The van der Waals surface area contributed by atoms with Gasteiger partial charge < -0.3 is 24.4 Å². The van der Waals surface area contributed by atoms with E-state index in [2.05, 4.69) is 5.32 Å². The van der Waals surface area contributed by atoms with Crippen molar-refractivity contribution in [3.8, 4) is 17.2 Å². The number of carbonyl (C=O) groups excluding carboxylic acids is 2.